The van der Waals surface area contributed by atoms with Gasteiger partial charge in [-0.3, -0.25) is 0 Å². The zero-order valence-electron chi connectivity index (χ0n) is 10.9. The smallest absolute Gasteiger partial charge is 0.211 e. The highest BCUT2D eigenvalue weighted by Crippen LogP contribution is 2.18. The van der Waals surface area contributed by atoms with Gasteiger partial charge in [0.05, 0.1) is 18.0 Å². The minimum atomic E-state index is -3.20. The Morgan fingerprint density at radius 2 is 2.16 bits per heavy atom. The molecule has 6 nitrogen and oxygen atoms in total. The van der Waals surface area contributed by atoms with E-state index in [2.05, 4.69) is 20.0 Å². The lowest BCUT2D eigenvalue weighted by molar-refractivity contribution is 0.572. The molecule has 0 saturated heterocycles. The lowest BCUT2D eigenvalue weighted by Crippen LogP contribution is -2.27. The second kappa shape index (κ2) is 6.93. The molecule has 7 heteroatoms. The number of sulfonamides is 1. The van der Waals surface area contributed by atoms with E-state index >= 15 is 0 Å². The number of rotatable bonds is 9. The highest BCUT2D eigenvalue weighted by atomic mass is 32.2. The molecule has 2 N–H and O–H groups in total. The van der Waals surface area contributed by atoms with Gasteiger partial charge >= 0.3 is 0 Å². The van der Waals surface area contributed by atoms with Crippen molar-refractivity contribution in [3.05, 3.63) is 24.3 Å². The number of nitrogens with one attached hydrogen (secondary N) is 2. The van der Waals surface area contributed by atoms with Crippen LogP contribution in [0.25, 0.3) is 0 Å². The predicted molar refractivity (Wildman–Crippen MR) is 72.9 cm³/mol. The number of aromatic nitrogens is 2. The van der Waals surface area contributed by atoms with Crippen LogP contribution in [-0.2, 0) is 16.6 Å². The molecule has 2 rings (SSSR count). The van der Waals surface area contributed by atoms with Crippen LogP contribution < -0.4 is 10.0 Å². The Morgan fingerprint density at radius 3 is 2.84 bits per heavy atom. The summed E-state index contributed by atoms with van der Waals surface area (Å²) in [6, 6.07) is 2.38. The van der Waals surface area contributed by atoms with Crippen LogP contribution in [0.1, 0.15) is 31.4 Å². The second-order valence-electron chi connectivity index (χ2n) is 4.78. The molecule has 0 bridgehead atoms. The van der Waals surface area contributed by atoms with Gasteiger partial charge in [-0.05, 0) is 38.3 Å². The Hall–Kier alpha value is -1.05. The molecule has 0 unspecified atom stereocenters. The van der Waals surface area contributed by atoms with Gasteiger partial charge in [-0.15, -0.1) is 0 Å². The largest absolute Gasteiger partial charge is 0.314 e. The molecule has 1 heterocycles. The number of hydrogen-bond donors (Lipinski definition) is 2. The molecule has 1 aromatic rings. The van der Waals surface area contributed by atoms with E-state index in [4.69, 9.17) is 0 Å². The molecule has 1 aliphatic carbocycles. The molecule has 1 aromatic heterocycles. The normalized spacial score (nSPS) is 15.6. The zero-order chi connectivity index (χ0) is 13.6. The lowest BCUT2D eigenvalue weighted by Gasteiger charge is -2.06. The highest BCUT2D eigenvalue weighted by Gasteiger charge is 2.19. The Labute approximate surface area is 114 Å². The molecule has 1 fully saturated rings. The minimum absolute atomic E-state index is 0.171. The van der Waals surface area contributed by atoms with Crippen LogP contribution >= 0.6 is 0 Å². The van der Waals surface area contributed by atoms with Crippen LogP contribution in [0, 0.1) is 0 Å². The molecule has 19 heavy (non-hydrogen) atoms. The third-order valence-electron chi connectivity index (χ3n) is 2.97. The molecule has 0 aromatic carbocycles. The summed E-state index contributed by atoms with van der Waals surface area (Å²) >= 11 is 0. The van der Waals surface area contributed by atoms with Crippen LogP contribution in [-0.4, -0.2) is 36.7 Å². The van der Waals surface area contributed by atoms with Gasteiger partial charge in [-0.1, -0.05) is 0 Å². The first-order chi connectivity index (χ1) is 9.16. The van der Waals surface area contributed by atoms with Gasteiger partial charge in [0.25, 0.3) is 0 Å². The number of nitrogens with zero attached hydrogens (tertiary/aromatic N) is 2. The third-order valence-corrected chi connectivity index (χ3v) is 4.38. The molecule has 1 aliphatic rings. The van der Waals surface area contributed by atoms with Crippen molar-refractivity contribution in [3.8, 4) is 0 Å². The summed E-state index contributed by atoms with van der Waals surface area (Å²) < 4.78 is 26.0. The van der Waals surface area contributed by atoms with Gasteiger partial charge in [0.2, 0.25) is 10.0 Å². The Balaban J connectivity index is 1.60. The molecule has 0 amide bonds. The fraction of sp³-hybridized carbons (Fsp3) is 0.667. The standard InChI is InChI=1S/C12H20N4O2S/c17-19(18,8-2-1-6-14-11-3-4-11)16-9-12-5-7-13-10-15-12/h5,7,10-11,14,16H,1-4,6,8-9H2. The van der Waals surface area contributed by atoms with Crippen molar-refractivity contribution in [1.82, 2.24) is 20.0 Å². The molecule has 106 valence electrons. The van der Waals surface area contributed by atoms with Gasteiger partial charge in [0.15, 0.2) is 0 Å². The van der Waals surface area contributed by atoms with Crippen molar-refractivity contribution in [2.45, 2.75) is 38.3 Å². The maximum atomic E-state index is 11.7. The third kappa shape index (κ3) is 6.09. The van der Waals surface area contributed by atoms with Crippen molar-refractivity contribution < 1.29 is 8.42 Å². The Morgan fingerprint density at radius 1 is 1.32 bits per heavy atom. The molecule has 1 saturated carbocycles. The predicted octanol–water partition coefficient (Wildman–Crippen LogP) is 0.428. The summed E-state index contributed by atoms with van der Waals surface area (Å²) in [5.74, 6) is 0.171. The second-order valence-corrected chi connectivity index (χ2v) is 6.70. The van der Waals surface area contributed by atoms with E-state index in [0.717, 1.165) is 13.0 Å². The average molecular weight is 284 g/mol. The zero-order valence-corrected chi connectivity index (χ0v) is 11.7. The van der Waals surface area contributed by atoms with Crippen molar-refractivity contribution in [2.24, 2.45) is 0 Å². The first kappa shape index (κ1) is 14.4. The van der Waals surface area contributed by atoms with Crippen LogP contribution in [0.4, 0.5) is 0 Å². The van der Waals surface area contributed by atoms with Crippen LogP contribution in [0.2, 0.25) is 0 Å². The summed E-state index contributed by atoms with van der Waals surface area (Å²) in [5.41, 5.74) is 0.675. The molecule has 0 atom stereocenters. The molecule has 0 aliphatic heterocycles. The Kier molecular flexibility index (Phi) is 5.24. The summed E-state index contributed by atoms with van der Waals surface area (Å²) in [6.45, 7) is 1.14. The van der Waals surface area contributed by atoms with Crippen LogP contribution in [0.15, 0.2) is 18.6 Å². The SMILES string of the molecule is O=S(=O)(CCCCNC1CC1)NCc1ccncn1. The fourth-order valence-corrected chi connectivity index (χ4v) is 2.79. The fourth-order valence-electron chi connectivity index (χ4n) is 1.69. The molecule has 0 spiro atoms. The minimum Gasteiger partial charge on any atom is -0.314 e. The van der Waals surface area contributed by atoms with Crippen molar-refractivity contribution in [2.75, 3.05) is 12.3 Å². The van der Waals surface area contributed by atoms with Crippen molar-refractivity contribution in [1.29, 1.82) is 0 Å². The topological polar surface area (TPSA) is 84.0 Å². The number of hydrogen-bond acceptors (Lipinski definition) is 5. The van der Waals surface area contributed by atoms with Gasteiger partial charge in [-0.2, -0.15) is 0 Å². The van der Waals surface area contributed by atoms with Crippen LogP contribution in [0.3, 0.4) is 0 Å². The Bertz CT molecular complexity index is 474. The summed E-state index contributed by atoms with van der Waals surface area (Å²) in [7, 11) is -3.20. The van der Waals surface area contributed by atoms with Crippen molar-refractivity contribution in [3.63, 3.8) is 0 Å². The van der Waals surface area contributed by atoms with Gasteiger partial charge in [-0.25, -0.2) is 23.1 Å². The van der Waals surface area contributed by atoms with E-state index < -0.39 is 10.0 Å². The first-order valence-corrected chi connectivity index (χ1v) is 8.26. The summed E-state index contributed by atoms with van der Waals surface area (Å²) in [4.78, 5) is 7.75. The summed E-state index contributed by atoms with van der Waals surface area (Å²) in [6.07, 6.45) is 7.11. The first-order valence-electron chi connectivity index (χ1n) is 6.61. The maximum absolute atomic E-state index is 11.7. The lowest BCUT2D eigenvalue weighted by atomic mass is 10.3. The van der Waals surface area contributed by atoms with E-state index in [9.17, 15) is 8.42 Å². The quantitative estimate of drug-likeness (QED) is 0.642. The average Bonchev–Trinajstić information content (AvgIpc) is 3.21. The van der Waals surface area contributed by atoms with Gasteiger partial charge in [0.1, 0.15) is 6.33 Å². The summed E-state index contributed by atoms with van der Waals surface area (Å²) in [5, 5.41) is 3.37. The molecule has 0 radical (unpaired) electrons. The van der Waals surface area contributed by atoms with E-state index in [1.807, 2.05) is 0 Å². The van der Waals surface area contributed by atoms with E-state index in [-0.39, 0.29) is 12.3 Å². The number of unbranched alkanes of at least 4 members (excludes halogenated alkanes) is 1. The molecular weight excluding hydrogens is 264 g/mol. The van der Waals surface area contributed by atoms with Crippen molar-refractivity contribution >= 4 is 10.0 Å². The maximum Gasteiger partial charge on any atom is 0.211 e. The molecular formula is C12H20N4O2S. The van der Waals surface area contributed by atoms with E-state index in [0.29, 0.717) is 18.2 Å². The van der Waals surface area contributed by atoms with Gasteiger partial charge < -0.3 is 5.32 Å². The monoisotopic (exact) mass is 284 g/mol. The van der Waals surface area contributed by atoms with E-state index in [1.54, 1.807) is 12.3 Å². The van der Waals surface area contributed by atoms with Gasteiger partial charge in [0, 0.05) is 12.2 Å². The van der Waals surface area contributed by atoms with Crippen LogP contribution in [0.5, 0.6) is 0 Å². The highest BCUT2D eigenvalue weighted by molar-refractivity contribution is 7.89. The van der Waals surface area contributed by atoms with E-state index in [1.165, 1.54) is 19.2 Å².